The molecule has 0 bridgehead atoms. The van der Waals surface area contributed by atoms with E-state index in [1.165, 1.54) is 24.5 Å². The zero-order valence-electron chi connectivity index (χ0n) is 12.4. The number of halogens is 2. The maximum Gasteiger partial charge on any atom is 0.165 e. The molecule has 0 aliphatic heterocycles. The number of thiophene rings is 1. The maximum absolute atomic E-state index is 14.0. The normalized spacial score (nSPS) is 12.4. The van der Waals surface area contributed by atoms with Gasteiger partial charge in [-0.2, -0.15) is 0 Å². The number of aryl methyl sites for hydroxylation is 1. The Hall–Kier alpha value is -1.10. The molecule has 1 atom stereocenters. The lowest BCUT2D eigenvalue weighted by molar-refractivity contribution is 0.385. The van der Waals surface area contributed by atoms with Gasteiger partial charge in [-0.1, -0.05) is 24.6 Å². The van der Waals surface area contributed by atoms with Gasteiger partial charge in [-0.25, -0.2) is 4.39 Å². The van der Waals surface area contributed by atoms with Crippen molar-refractivity contribution in [2.45, 2.75) is 26.3 Å². The SMILES string of the molecule is CCCNC(c1ccc(OC)c(F)c1)c1cc(C)c(Cl)s1. The fourth-order valence-corrected chi connectivity index (χ4v) is 3.48. The van der Waals surface area contributed by atoms with E-state index in [2.05, 4.69) is 18.3 Å². The minimum atomic E-state index is -0.349. The first-order valence-electron chi connectivity index (χ1n) is 6.89. The first kappa shape index (κ1) is 16.3. The Labute approximate surface area is 133 Å². The van der Waals surface area contributed by atoms with E-state index in [1.54, 1.807) is 6.07 Å². The molecule has 0 fully saturated rings. The number of methoxy groups -OCH3 is 1. The van der Waals surface area contributed by atoms with Crippen LogP contribution in [0.15, 0.2) is 24.3 Å². The van der Waals surface area contributed by atoms with Gasteiger partial charge in [0.25, 0.3) is 0 Å². The van der Waals surface area contributed by atoms with Gasteiger partial charge in [-0.3, -0.25) is 0 Å². The summed E-state index contributed by atoms with van der Waals surface area (Å²) in [6.45, 7) is 4.94. The molecular formula is C16H19ClFNOS. The number of hydrogen-bond acceptors (Lipinski definition) is 3. The van der Waals surface area contributed by atoms with Crippen LogP contribution in [-0.4, -0.2) is 13.7 Å². The standard InChI is InChI=1S/C16H19ClFNOS/c1-4-7-19-15(14-8-10(2)16(17)21-14)11-5-6-13(20-3)12(18)9-11/h5-6,8-9,15,19H,4,7H2,1-3H3. The molecule has 5 heteroatoms. The van der Waals surface area contributed by atoms with E-state index in [0.29, 0.717) is 0 Å². The van der Waals surface area contributed by atoms with E-state index in [-0.39, 0.29) is 17.6 Å². The smallest absolute Gasteiger partial charge is 0.165 e. The second-order valence-electron chi connectivity index (χ2n) is 4.89. The number of hydrogen-bond donors (Lipinski definition) is 1. The quantitative estimate of drug-likeness (QED) is 0.810. The molecule has 0 aliphatic carbocycles. The van der Waals surface area contributed by atoms with Crippen LogP contribution in [0, 0.1) is 12.7 Å². The fraction of sp³-hybridized carbons (Fsp3) is 0.375. The summed E-state index contributed by atoms with van der Waals surface area (Å²) in [5.74, 6) is -0.0916. The molecule has 1 unspecified atom stereocenters. The van der Waals surface area contributed by atoms with E-state index in [4.69, 9.17) is 16.3 Å². The van der Waals surface area contributed by atoms with E-state index < -0.39 is 0 Å². The van der Waals surface area contributed by atoms with Crippen LogP contribution in [-0.2, 0) is 0 Å². The number of rotatable bonds is 6. The van der Waals surface area contributed by atoms with Crippen molar-refractivity contribution in [3.8, 4) is 5.75 Å². The highest BCUT2D eigenvalue weighted by Gasteiger charge is 2.18. The molecule has 1 aromatic carbocycles. The predicted octanol–water partition coefficient (Wildman–Crippen LogP) is 4.95. The van der Waals surface area contributed by atoms with Gasteiger partial charge in [0.2, 0.25) is 0 Å². The van der Waals surface area contributed by atoms with E-state index in [1.807, 2.05) is 13.0 Å². The van der Waals surface area contributed by atoms with Crippen LogP contribution in [0.25, 0.3) is 0 Å². The summed E-state index contributed by atoms with van der Waals surface area (Å²) in [6.07, 6.45) is 1.01. The molecular weight excluding hydrogens is 309 g/mol. The Morgan fingerprint density at radius 3 is 2.67 bits per heavy atom. The highest BCUT2D eigenvalue weighted by Crippen LogP contribution is 2.35. The molecule has 0 aliphatic rings. The summed E-state index contributed by atoms with van der Waals surface area (Å²) in [7, 11) is 1.47. The van der Waals surface area contributed by atoms with Crippen LogP contribution in [0.1, 0.15) is 35.4 Å². The topological polar surface area (TPSA) is 21.3 Å². The second kappa shape index (κ2) is 7.25. The second-order valence-corrected chi connectivity index (χ2v) is 6.57. The fourth-order valence-electron chi connectivity index (χ4n) is 2.16. The molecule has 1 N–H and O–H groups in total. The summed E-state index contributed by atoms with van der Waals surface area (Å²) in [5.41, 5.74) is 1.92. The van der Waals surface area contributed by atoms with Crippen molar-refractivity contribution in [1.82, 2.24) is 5.32 Å². The average Bonchev–Trinajstić information content (AvgIpc) is 2.79. The van der Waals surface area contributed by atoms with Crippen LogP contribution < -0.4 is 10.1 Å². The Bertz CT molecular complexity index is 595. The van der Waals surface area contributed by atoms with E-state index in [0.717, 1.165) is 33.3 Å². The van der Waals surface area contributed by atoms with Crippen LogP contribution in [0.2, 0.25) is 4.34 Å². The van der Waals surface area contributed by atoms with Gasteiger partial charge in [0.15, 0.2) is 11.6 Å². The maximum atomic E-state index is 14.0. The summed E-state index contributed by atoms with van der Waals surface area (Å²) in [6, 6.07) is 7.07. The van der Waals surface area contributed by atoms with Crippen molar-refractivity contribution in [2.24, 2.45) is 0 Å². The molecule has 1 heterocycles. The molecule has 114 valence electrons. The van der Waals surface area contributed by atoms with Crippen molar-refractivity contribution in [2.75, 3.05) is 13.7 Å². The van der Waals surface area contributed by atoms with E-state index in [9.17, 15) is 4.39 Å². The number of ether oxygens (including phenoxy) is 1. The third kappa shape index (κ3) is 3.76. The van der Waals surface area contributed by atoms with Gasteiger partial charge < -0.3 is 10.1 Å². The first-order valence-corrected chi connectivity index (χ1v) is 8.09. The van der Waals surface area contributed by atoms with Crippen molar-refractivity contribution < 1.29 is 9.13 Å². The molecule has 0 radical (unpaired) electrons. The number of nitrogens with one attached hydrogen (secondary N) is 1. The lowest BCUT2D eigenvalue weighted by Gasteiger charge is -2.18. The highest BCUT2D eigenvalue weighted by molar-refractivity contribution is 7.16. The van der Waals surface area contributed by atoms with Crippen molar-refractivity contribution >= 4 is 22.9 Å². The van der Waals surface area contributed by atoms with Gasteiger partial charge in [-0.15, -0.1) is 11.3 Å². The van der Waals surface area contributed by atoms with Crippen molar-refractivity contribution in [1.29, 1.82) is 0 Å². The highest BCUT2D eigenvalue weighted by atomic mass is 35.5. The third-order valence-electron chi connectivity index (χ3n) is 3.27. The molecule has 1 aromatic heterocycles. The Kier molecular flexibility index (Phi) is 5.62. The largest absolute Gasteiger partial charge is 0.494 e. The summed E-state index contributed by atoms with van der Waals surface area (Å²) < 4.78 is 19.7. The molecule has 21 heavy (non-hydrogen) atoms. The number of benzene rings is 1. The van der Waals surface area contributed by atoms with Gasteiger partial charge in [0.05, 0.1) is 17.5 Å². The van der Waals surface area contributed by atoms with Gasteiger partial charge in [0.1, 0.15) is 0 Å². The first-order chi connectivity index (χ1) is 10.1. The minimum Gasteiger partial charge on any atom is -0.494 e. The Morgan fingerprint density at radius 2 is 2.14 bits per heavy atom. The zero-order valence-corrected chi connectivity index (χ0v) is 13.9. The summed E-state index contributed by atoms with van der Waals surface area (Å²) in [5, 5.41) is 3.45. The van der Waals surface area contributed by atoms with Crippen molar-refractivity contribution in [3.63, 3.8) is 0 Å². The van der Waals surface area contributed by atoms with Crippen LogP contribution in [0.3, 0.4) is 0 Å². The van der Waals surface area contributed by atoms with Crippen molar-refractivity contribution in [3.05, 3.63) is 50.4 Å². The Morgan fingerprint density at radius 1 is 1.38 bits per heavy atom. The lowest BCUT2D eigenvalue weighted by atomic mass is 10.0. The van der Waals surface area contributed by atoms with Gasteiger partial charge >= 0.3 is 0 Å². The molecule has 2 aromatic rings. The average molecular weight is 328 g/mol. The van der Waals surface area contributed by atoms with Crippen LogP contribution in [0.4, 0.5) is 4.39 Å². The summed E-state index contributed by atoms with van der Waals surface area (Å²) >= 11 is 7.70. The lowest BCUT2D eigenvalue weighted by Crippen LogP contribution is -2.22. The van der Waals surface area contributed by atoms with E-state index >= 15 is 0 Å². The third-order valence-corrected chi connectivity index (χ3v) is 4.89. The Balaban J connectivity index is 2.37. The van der Waals surface area contributed by atoms with Crippen LogP contribution in [0.5, 0.6) is 5.75 Å². The molecule has 2 nitrogen and oxygen atoms in total. The molecule has 0 spiro atoms. The summed E-state index contributed by atoms with van der Waals surface area (Å²) in [4.78, 5) is 1.09. The molecule has 0 amide bonds. The monoisotopic (exact) mass is 327 g/mol. The van der Waals surface area contributed by atoms with Gasteiger partial charge in [-0.05, 0) is 49.2 Å². The van der Waals surface area contributed by atoms with Gasteiger partial charge in [0, 0.05) is 4.88 Å². The zero-order chi connectivity index (χ0) is 15.4. The predicted molar refractivity (Wildman–Crippen MR) is 87.2 cm³/mol. The minimum absolute atomic E-state index is 0.0541. The van der Waals surface area contributed by atoms with Crippen LogP contribution >= 0.6 is 22.9 Å². The molecule has 2 rings (SSSR count). The molecule has 0 saturated heterocycles. The molecule has 0 saturated carbocycles.